The van der Waals surface area contributed by atoms with Crippen LogP contribution in [-0.4, -0.2) is 36.5 Å². The maximum atomic E-state index is 9.55. The summed E-state index contributed by atoms with van der Waals surface area (Å²) in [6.45, 7) is 7.10. The summed E-state index contributed by atoms with van der Waals surface area (Å²) in [4.78, 5) is 0. The first kappa shape index (κ1) is 21.9. The first-order chi connectivity index (χ1) is 8.68. The molecule has 0 aromatic rings. The highest BCUT2D eigenvalue weighted by Gasteiger charge is 2.18. The van der Waals surface area contributed by atoms with E-state index in [4.69, 9.17) is 0 Å². The van der Waals surface area contributed by atoms with Crippen molar-refractivity contribution in [3.63, 3.8) is 0 Å². The van der Waals surface area contributed by atoms with Crippen LogP contribution in [0.2, 0.25) is 0 Å². The molecule has 0 bridgehead atoms. The minimum Gasteiger partial charge on any atom is -1.00 e. The molecule has 0 aromatic heterocycles. The van der Waals surface area contributed by atoms with E-state index in [1.54, 1.807) is 0 Å². The molecule has 0 aromatic carbocycles. The van der Waals surface area contributed by atoms with Crippen molar-refractivity contribution in [2.75, 3.05) is 26.9 Å². The minimum atomic E-state index is 0. The molecule has 2 nitrogen and oxygen atoms in total. The van der Waals surface area contributed by atoms with E-state index in [9.17, 15) is 5.11 Å². The summed E-state index contributed by atoms with van der Waals surface area (Å²) in [6.07, 6.45) is 13.3. The van der Waals surface area contributed by atoms with Crippen LogP contribution in [0.3, 0.4) is 0 Å². The lowest BCUT2D eigenvalue weighted by Crippen LogP contribution is -3.00. The summed E-state index contributed by atoms with van der Waals surface area (Å²) in [6, 6.07) is 0. The van der Waals surface area contributed by atoms with Gasteiger partial charge in [-0.3, -0.25) is 0 Å². The predicted molar refractivity (Wildman–Crippen MR) is 80.5 cm³/mol. The summed E-state index contributed by atoms with van der Waals surface area (Å²) in [5.41, 5.74) is 0. The highest BCUT2D eigenvalue weighted by molar-refractivity contribution is 4.46. The van der Waals surface area contributed by atoms with Crippen molar-refractivity contribution in [2.45, 2.75) is 78.1 Å². The fourth-order valence-corrected chi connectivity index (χ4v) is 2.45. The second-order valence-electron chi connectivity index (χ2n) is 6.04. The van der Waals surface area contributed by atoms with Gasteiger partial charge in [-0.05, 0) is 25.7 Å². The first-order valence-corrected chi connectivity index (χ1v) is 8.13. The van der Waals surface area contributed by atoms with Gasteiger partial charge >= 0.3 is 0 Å². The van der Waals surface area contributed by atoms with Gasteiger partial charge in [-0.2, -0.15) is 0 Å². The average Bonchev–Trinajstić information content (AvgIpc) is 2.39. The lowest BCUT2D eigenvalue weighted by atomic mass is 10.1. The molecular formula is C16H36INO. The smallest absolute Gasteiger partial charge is 0.180 e. The summed E-state index contributed by atoms with van der Waals surface area (Å²) in [5, 5.41) is 9.55. The van der Waals surface area contributed by atoms with E-state index in [0.29, 0.717) is 6.73 Å². The fourth-order valence-electron chi connectivity index (χ4n) is 2.45. The van der Waals surface area contributed by atoms with Gasteiger partial charge in [0.2, 0.25) is 0 Å². The van der Waals surface area contributed by atoms with E-state index in [1.807, 2.05) is 0 Å². The van der Waals surface area contributed by atoms with E-state index >= 15 is 0 Å². The zero-order valence-electron chi connectivity index (χ0n) is 13.5. The maximum absolute atomic E-state index is 9.55. The molecule has 1 N–H and O–H groups in total. The van der Waals surface area contributed by atoms with Crippen LogP contribution in [0.5, 0.6) is 0 Å². The van der Waals surface area contributed by atoms with Gasteiger partial charge < -0.3 is 33.6 Å². The lowest BCUT2D eigenvalue weighted by molar-refractivity contribution is -0.927. The molecule has 3 heteroatoms. The average molecular weight is 385 g/mol. The van der Waals surface area contributed by atoms with Crippen molar-refractivity contribution in [3.8, 4) is 0 Å². The summed E-state index contributed by atoms with van der Waals surface area (Å²) in [5.74, 6) is 0. The van der Waals surface area contributed by atoms with Gasteiger partial charge in [-0.1, -0.05) is 52.4 Å². The molecule has 0 aliphatic heterocycles. The molecular weight excluding hydrogens is 349 g/mol. The Bertz CT molecular complexity index is 178. The van der Waals surface area contributed by atoms with E-state index < -0.39 is 0 Å². The highest BCUT2D eigenvalue weighted by Crippen LogP contribution is 2.11. The van der Waals surface area contributed by atoms with Crippen molar-refractivity contribution < 1.29 is 33.6 Å². The van der Waals surface area contributed by atoms with Crippen molar-refractivity contribution in [2.24, 2.45) is 0 Å². The molecule has 0 rings (SSSR count). The molecule has 1 unspecified atom stereocenters. The van der Waals surface area contributed by atoms with Gasteiger partial charge in [-0.25, -0.2) is 0 Å². The molecule has 118 valence electrons. The molecule has 0 radical (unpaired) electrons. The standard InChI is InChI=1S/C16H36NO.HI/c1-4-6-8-10-11-13-15-17(3,16-18)14-12-9-7-5-2;/h18H,4-16H2,1-3H3;1H/q+1;/p-1. The fraction of sp³-hybridized carbons (Fsp3) is 1.00. The number of rotatable bonds is 13. The molecule has 0 aliphatic rings. The van der Waals surface area contributed by atoms with Crippen LogP contribution < -0.4 is 24.0 Å². The Labute approximate surface area is 138 Å². The largest absolute Gasteiger partial charge is 1.00 e. The van der Waals surface area contributed by atoms with Gasteiger partial charge in [-0.15, -0.1) is 0 Å². The van der Waals surface area contributed by atoms with E-state index in [0.717, 1.165) is 17.6 Å². The molecule has 1 atom stereocenters. The van der Waals surface area contributed by atoms with Gasteiger partial charge in [0, 0.05) is 0 Å². The zero-order chi connectivity index (χ0) is 13.7. The Morgan fingerprint density at radius 2 is 1.05 bits per heavy atom. The van der Waals surface area contributed by atoms with E-state index in [2.05, 4.69) is 20.9 Å². The normalized spacial score (nSPS) is 13.9. The number of aliphatic hydroxyl groups excluding tert-OH is 1. The molecule has 0 heterocycles. The number of hydrogen-bond donors (Lipinski definition) is 1. The Balaban J connectivity index is 0. The molecule has 19 heavy (non-hydrogen) atoms. The summed E-state index contributed by atoms with van der Waals surface area (Å²) in [7, 11) is 2.21. The van der Waals surface area contributed by atoms with Gasteiger partial charge in [0.15, 0.2) is 6.73 Å². The van der Waals surface area contributed by atoms with Crippen LogP contribution >= 0.6 is 0 Å². The monoisotopic (exact) mass is 385 g/mol. The quantitative estimate of drug-likeness (QED) is 0.220. The third-order valence-electron chi connectivity index (χ3n) is 3.94. The molecule has 0 aliphatic carbocycles. The van der Waals surface area contributed by atoms with Crippen LogP contribution in [0, 0.1) is 0 Å². The number of hydrogen-bond acceptors (Lipinski definition) is 1. The number of unbranched alkanes of at least 4 members (excludes halogenated alkanes) is 8. The van der Waals surface area contributed by atoms with Crippen LogP contribution in [0.15, 0.2) is 0 Å². The van der Waals surface area contributed by atoms with Crippen molar-refractivity contribution in [1.82, 2.24) is 0 Å². The van der Waals surface area contributed by atoms with Crippen molar-refractivity contribution in [1.29, 1.82) is 0 Å². The van der Waals surface area contributed by atoms with Crippen molar-refractivity contribution in [3.05, 3.63) is 0 Å². The van der Waals surface area contributed by atoms with Gasteiger partial charge in [0.1, 0.15) is 0 Å². The SMILES string of the molecule is CCCCCCCC[N+](C)(CO)CCCCCC.[I-]. The second kappa shape index (κ2) is 15.0. The molecule has 0 amide bonds. The number of aliphatic hydroxyl groups is 1. The van der Waals surface area contributed by atoms with Crippen molar-refractivity contribution >= 4 is 0 Å². The predicted octanol–water partition coefficient (Wildman–Crippen LogP) is 1.33. The van der Waals surface area contributed by atoms with Crippen LogP contribution in [0.4, 0.5) is 0 Å². The summed E-state index contributed by atoms with van der Waals surface area (Å²) < 4.78 is 0.859. The Morgan fingerprint density at radius 3 is 1.47 bits per heavy atom. The first-order valence-electron chi connectivity index (χ1n) is 8.13. The molecule has 0 saturated carbocycles. The van der Waals surface area contributed by atoms with E-state index in [1.165, 1.54) is 64.2 Å². The topological polar surface area (TPSA) is 20.2 Å². The Morgan fingerprint density at radius 1 is 0.684 bits per heavy atom. The zero-order valence-corrected chi connectivity index (χ0v) is 15.6. The highest BCUT2D eigenvalue weighted by atomic mass is 127. The molecule has 0 spiro atoms. The van der Waals surface area contributed by atoms with Crippen LogP contribution in [0.1, 0.15) is 78.1 Å². The number of nitrogens with zero attached hydrogens (tertiary/aromatic N) is 1. The third-order valence-corrected chi connectivity index (χ3v) is 3.94. The molecule has 0 fully saturated rings. The number of quaternary nitrogens is 1. The van der Waals surface area contributed by atoms with Gasteiger partial charge in [0.05, 0.1) is 20.1 Å². The minimum absolute atomic E-state index is 0. The van der Waals surface area contributed by atoms with Gasteiger partial charge in [0.25, 0.3) is 0 Å². The summed E-state index contributed by atoms with van der Waals surface area (Å²) >= 11 is 0. The maximum Gasteiger partial charge on any atom is 0.180 e. The second-order valence-corrected chi connectivity index (χ2v) is 6.04. The van der Waals surface area contributed by atoms with E-state index in [-0.39, 0.29) is 24.0 Å². The Kier molecular flexibility index (Phi) is 17.4. The molecule has 0 saturated heterocycles. The number of halogens is 1. The Hall–Kier alpha value is 0.650. The van der Waals surface area contributed by atoms with Crippen LogP contribution in [0.25, 0.3) is 0 Å². The lowest BCUT2D eigenvalue weighted by Gasteiger charge is -2.32. The third kappa shape index (κ3) is 13.4. The van der Waals surface area contributed by atoms with Crippen LogP contribution in [-0.2, 0) is 0 Å².